The number of hydrogen-bond acceptors (Lipinski definition) is 5. The van der Waals surface area contributed by atoms with Crippen LogP contribution >= 0.6 is 0 Å². The van der Waals surface area contributed by atoms with Gasteiger partial charge in [-0.2, -0.15) is 0 Å². The Kier molecular flexibility index (Phi) is 18.9. The van der Waals surface area contributed by atoms with Crippen LogP contribution in [0.4, 0.5) is 0 Å². The standard InChI is InChI=1S/C36H62O5/c1-2-3-4-5-6-7-8-9-10-11-12-13-14-15-16-17-18-19-20-21-22-23-24-25-26-27-36(40)30-33(39)35-32(38)28-31(37)29-34(35)41-36/h28-29,37-38,40H,2-27,30H2,1H3. The number of phenolic OH excluding ortho intramolecular Hbond substituents is 2. The monoisotopic (exact) mass is 574 g/mol. The summed E-state index contributed by atoms with van der Waals surface area (Å²) in [7, 11) is 0. The highest BCUT2D eigenvalue weighted by molar-refractivity contribution is 6.02. The van der Waals surface area contributed by atoms with Crippen molar-refractivity contribution in [1.29, 1.82) is 0 Å². The molecule has 1 aliphatic rings. The number of rotatable bonds is 26. The van der Waals surface area contributed by atoms with Crippen LogP contribution in [-0.4, -0.2) is 26.9 Å². The van der Waals surface area contributed by atoms with Crippen LogP contribution in [0, 0.1) is 0 Å². The van der Waals surface area contributed by atoms with Crippen molar-refractivity contribution in [1.82, 2.24) is 0 Å². The molecule has 1 aromatic carbocycles. The molecular weight excluding hydrogens is 512 g/mol. The lowest BCUT2D eigenvalue weighted by Crippen LogP contribution is -2.41. The van der Waals surface area contributed by atoms with E-state index in [1.54, 1.807) is 0 Å². The zero-order chi connectivity index (χ0) is 29.6. The maximum absolute atomic E-state index is 12.4. The van der Waals surface area contributed by atoms with E-state index in [1.807, 2.05) is 0 Å². The Bertz CT molecular complexity index is 822. The predicted octanol–water partition coefficient (Wildman–Crippen LogP) is 10.9. The number of aliphatic hydroxyl groups is 1. The van der Waals surface area contributed by atoms with Crippen molar-refractivity contribution < 1.29 is 24.9 Å². The Hall–Kier alpha value is -1.75. The van der Waals surface area contributed by atoms with Crippen molar-refractivity contribution in [2.45, 2.75) is 186 Å². The number of hydrogen-bond donors (Lipinski definition) is 3. The van der Waals surface area contributed by atoms with Gasteiger partial charge < -0.3 is 20.1 Å². The van der Waals surface area contributed by atoms with Gasteiger partial charge in [0.1, 0.15) is 22.8 Å². The lowest BCUT2D eigenvalue weighted by atomic mass is 9.93. The lowest BCUT2D eigenvalue weighted by Gasteiger charge is -2.33. The van der Waals surface area contributed by atoms with Crippen LogP contribution in [-0.2, 0) is 0 Å². The molecule has 0 aromatic heterocycles. The highest BCUT2D eigenvalue weighted by Gasteiger charge is 2.40. The van der Waals surface area contributed by atoms with E-state index in [9.17, 15) is 20.1 Å². The normalized spacial score (nSPS) is 16.6. The molecule has 3 N–H and O–H groups in total. The van der Waals surface area contributed by atoms with E-state index >= 15 is 0 Å². The minimum absolute atomic E-state index is 0.0438. The van der Waals surface area contributed by atoms with Crippen molar-refractivity contribution in [2.75, 3.05) is 0 Å². The Labute approximate surface area is 251 Å². The summed E-state index contributed by atoms with van der Waals surface area (Å²) in [6, 6.07) is 2.39. The van der Waals surface area contributed by atoms with E-state index < -0.39 is 5.79 Å². The average molecular weight is 575 g/mol. The highest BCUT2D eigenvalue weighted by atomic mass is 16.6. The Balaban J connectivity index is 1.30. The van der Waals surface area contributed by atoms with Crippen LogP contribution in [0.15, 0.2) is 12.1 Å². The number of unbranched alkanes of at least 4 members (excludes halogenated alkanes) is 24. The molecule has 0 saturated carbocycles. The summed E-state index contributed by atoms with van der Waals surface area (Å²) < 4.78 is 5.62. The van der Waals surface area contributed by atoms with Gasteiger partial charge in [0.05, 0.1) is 6.42 Å². The molecule has 1 aromatic rings. The van der Waals surface area contributed by atoms with E-state index in [2.05, 4.69) is 6.92 Å². The SMILES string of the molecule is CCCCCCCCCCCCCCCCCCCCCCCCCCCC1(O)CC(=O)c2c(O)cc(O)cc2O1. The Morgan fingerprint density at radius 1 is 0.610 bits per heavy atom. The number of aromatic hydroxyl groups is 2. The molecule has 1 heterocycles. The fraction of sp³-hybridized carbons (Fsp3) is 0.806. The van der Waals surface area contributed by atoms with Gasteiger partial charge in [0.15, 0.2) is 5.78 Å². The van der Waals surface area contributed by atoms with Crippen molar-refractivity contribution in [3.63, 3.8) is 0 Å². The van der Waals surface area contributed by atoms with Crippen molar-refractivity contribution in [3.8, 4) is 17.2 Å². The third-order valence-electron chi connectivity index (χ3n) is 8.75. The molecule has 0 saturated heterocycles. The molecule has 0 spiro atoms. The molecule has 1 unspecified atom stereocenters. The van der Waals surface area contributed by atoms with Crippen LogP contribution in [0.2, 0.25) is 0 Å². The van der Waals surface area contributed by atoms with Crippen molar-refractivity contribution >= 4 is 5.78 Å². The molecule has 2 rings (SSSR count). The molecular formula is C36H62O5. The van der Waals surface area contributed by atoms with Crippen LogP contribution in [0.1, 0.15) is 191 Å². The zero-order valence-electron chi connectivity index (χ0n) is 26.4. The average Bonchev–Trinajstić information content (AvgIpc) is 2.92. The van der Waals surface area contributed by atoms with E-state index in [4.69, 9.17) is 4.74 Å². The number of ether oxygens (including phenoxy) is 1. The van der Waals surface area contributed by atoms with Gasteiger partial charge in [-0.15, -0.1) is 0 Å². The third-order valence-corrected chi connectivity index (χ3v) is 8.75. The summed E-state index contributed by atoms with van der Waals surface area (Å²) in [5.41, 5.74) is 0.0438. The van der Waals surface area contributed by atoms with Gasteiger partial charge in [-0.1, -0.05) is 161 Å². The van der Waals surface area contributed by atoms with Gasteiger partial charge in [-0.3, -0.25) is 4.79 Å². The number of carbonyl (C=O) groups is 1. The molecule has 1 aliphatic heterocycles. The molecule has 1 atom stereocenters. The minimum Gasteiger partial charge on any atom is -0.508 e. The fourth-order valence-electron chi connectivity index (χ4n) is 6.21. The largest absolute Gasteiger partial charge is 0.508 e. The quantitative estimate of drug-likeness (QED) is 0.0958. The first-order valence-electron chi connectivity index (χ1n) is 17.5. The molecule has 0 amide bonds. The first-order valence-corrected chi connectivity index (χ1v) is 17.5. The molecule has 0 aliphatic carbocycles. The van der Waals surface area contributed by atoms with Gasteiger partial charge in [-0.05, 0) is 6.42 Å². The van der Waals surface area contributed by atoms with Crippen LogP contribution in [0.25, 0.3) is 0 Å². The zero-order valence-corrected chi connectivity index (χ0v) is 26.4. The van der Waals surface area contributed by atoms with Crippen LogP contribution in [0.5, 0.6) is 17.2 Å². The molecule has 0 radical (unpaired) electrons. The number of ketones is 1. The molecule has 236 valence electrons. The minimum atomic E-state index is -1.56. The van der Waals surface area contributed by atoms with Crippen LogP contribution in [0.3, 0.4) is 0 Å². The van der Waals surface area contributed by atoms with Gasteiger partial charge in [0, 0.05) is 18.6 Å². The maximum atomic E-state index is 12.4. The second kappa shape index (κ2) is 21.9. The number of phenols is 2. The lowest BCUT2D eigenvalue weighted by molar-refractivity contribution is -0.145. The first kappa shape index (κ1) is 35.4. The number of fused-ring (bicyclic) bond motifs is 1. The number of benzene rings is 1. The molecule has 5 nitrogen and oxygen atoms in total. The van der Waals surface area contributed by atoms with Crippen molar-refractivity contribution in [3.05, 3.63) is 17.7 Å². The molecule has 41 heavy (non-hydrogen) atoms. The summed E-state index contributed by atoms with van der Waals surface area (Å²) in [6.45, 7) is 2.29. The smallest absolute Gasteiger partial charge is 0.215 e. The molecule has 5 heteroatoms. The number of carbonyl (C=O) groups excluding carboxylic acids is 1. The maximum Gasteiger partial charge on any atom is 0.215 e. The summed E-state index contributed by atoms with van der Waals surface area (Å²) in [5.74, 6) is -2.36. The third kappa shape index (κ3) is 15.9. The number of Topliss-reactive ketones (excluding diaryl/α,β-unsaturated/α-hetero) is 1. The highest BCUT2D eigenvalue weighted by Crippen LogP contribution is 2.41. The second-order valence-electron chi connectivity index (χ2n) is 12.7. The van der Waals surface area contributed by atoms with E-state index in [0.717, 1.165) is 25.3 Å². The van der Waals surface area contributed by atoms with Gasteiger partial charge in [0.25, 0.3) is 0 Å². The van der Waals surface area contributed by atoms with Gasteiger partial charge in [0.2, 0.25) is 5.79 Å². The van der Waals surface area contributed by atoms with Crippen LogP contribution < -0.4 is 4.74 Å². The molecule has 0 bridgehead atoms. The van der Waals surface area contributed by atoms with E-state index in [0.29, 0.717) is 6.42 Å². The Morgan fingerprint density at radius 2 is 0.976 bits per heavy atom. The second-order valence-corrected chi connectivity index (χ2v) is 12.7. The van der Waals surface area contributed by atoms with Gasteiger partial charge in [-0.25, -0.2) is 0 Å². The van der Waals surface area contributed by atoms with Crippen molar-refractivity contribution in [2.24, 2.45) is 0 Å². The first-order chi connectivity index (χ1) is 19.9. The Morgan fingerprint density at radius 3 is 1.37 bits per heavy atom. The molecule has 0 fully saturated rings. The summed E-state index contributed by atoms with van der Waals surface area (Å²) in [6.07, 6.45) is 33.9. The van der Waals surface area contributed by atoms with Gasteiger partial charge >= 0.3 is 0 Å². The topological polar surface area (TPSA) is 87.0 Å². The van der Waals surface area contributed by atoms with E-state index in [1.165, 1.54) is 147 Å². The summed E-state index contributed by atoms with van der Waals surface area (Å²) in [4.78, 5) is 12.4. The fourth-order valence-corrected chi connectivity index (χ4v) is 6.21. The summed E-state index contributed by atoms with van der Waals surface area (Å²) in [5, 5.41) is 30.3. The summed E-state index contributed by atoms with van der Waals surface area (Å²) >= 11 is 0. The predicted molar refractivity (Wildman–Crippen MR) is 170 cm³/mol. The van der Waals surface area contributed by atoms with E-state index in [-0.39, 0.29) is 35.0 Å².